The Hall–Kier alpha value is -1.55. The van der Waals surface area contributed by atoms with E-state index in [0.717, 1.165) is 17.1 Å². The molecule has 0 aliphatic heterocycles. The number of hydrogen-bond donors (Lipinski definition) is 2. The predicted octanol–water partition coefficient (Wildman–Crippen LogP) is 4.09. The van der Waals surface area contributed by atoms with Gasteiger partial charge < -0.3 is 20.1 Å². The Labute approximate surface area is 178 Å². The van der Waals surface area contributed by atoms with Crippen LogP contribution in [0.15, 0.2) is 45.9 Å². The monoisotopic (exact) mass is 537 g/mol. The van der Waals surface area contributed by atoms with Crippen molar-refractivity contribution < 1.29 is 13.9 Å². The van der Waals surface area contributed by atoms with E-state index in [1.165, 1.54) is 6.07 Å². The summed E-state index contributed by atoms with van der Waals surface area (Å²) < 4.78 is 25.1. The van der Waals surface area contributed by atoms with Crippen LogP contribution in [0, 0.1) is 5.82 Å². The number of halogens is 3. The third-order valence-electron chi connectivity index (χ3n) is 3.63. The molecule has 0 bridgehead atoms. The van der Waals surface area contributed by atoms with Gasteiger partial charge in [-0.3, -0.25) is 4.99 Å². The first-order valence-corrected chi connectivity index (χ1v) is 8.46. The van der Waals surface area contributed by atoms with Crippen molar-refractivity contribution in [3.63, 3.8) is 0 Å². The zero-order valence-corrected chi connectivity index (χ0v) is 18.7. The van der Waals surface area contributed by atoms with Crippen molar-refractivity contribution in [2.75, 3.05) is 21.3 Å². The van der Waals surface area contributed by atoms with E-state index in [2.05, 4.69) is 31.6 Å². The van der Waals surface area contributed by atoms with Gasteiger partial charge in [0.15, 0.2) is 5.96 Å². The Balaban J connectivity index is 0.00000338. The van der Waals surface area contributed by atoms with E-state index in [-0.39, 0.29) is 29.8 Å². The maximum absolute atomic E-state index is 13.9. The fourth-order valence-electron chi connectivity index (χ4n) is 2.24. The summed E-state index contributed by atoms with van der Waals surface area (Å²) in [7, 11) is 4.89. The summed E-state index contributed by atoms with van der Waals surface area (Å²) in [4.78, 5) is 4.15. The fourth-order valence-corrected chi connectivity index (χ4v) is 2.57. The van der Waals surface area contributed by atoms with Gasteiger partial charge in [0.25, 0.3) is 0 Å². The summed E-state index contributed by atoms with van der Waals surface area (Å²) in [5.74, 6) is 1.75. The highest BCUT2D eigenvalue weighted by atomic mass is 127. The van der Waals surface area contributed by atoms with Crippen molar-refractivity contribution in [2.45, 2.75) is 13.1 Å². The Morgan fingerprint density at radius 2 is 1.69 bits per heavy atom. The van der Waals surface area contributed by atoms with E-state index in [4.69, 9.17) is 9.47 Å². The van der Waals surface area contributed by atoms with Crippen molar-refractivity contribution >= 4 is 45.9 Å². The van der Waals surface area contributed by atoms with E-state index in [0.29, 0.717) is 29.1 Å². The molecule has 26 heavy (non-hydrogen) atoms. The SMILES string of the molecule is CN=C(NCc1ccc(Br)cc1F)NCc1ccc(OC)cc1OC.I. The van der Waals surface area contributed by atoms with Crippen LogP contribution >= 0.6 is 39.9 Å². The average Bonchev–Trinajstić information content (AvgIpc) is 2.63. The van der Waals surface area contributed by atoms with Crippen molar-refractivity contribution in [1.82, 2.24) is 10.6 Å². The van der Waals surface area contributed by atoms with E-state index in [1.54, 1.807) is 33.4 Å². The molecule has 0 aromatic heterocycles. The molecule has 0 saturated heterocycles. The molecule has 0 unspecified atom stereocenters. The number of rotatable bonds is 6. The number of ether oxygens (including phenoxy) is 2. The number of benzene rings is 2. The second-order valence-corrected chi connectivity index (χ2v) is 6.11. The summed E-state index contributed by atoms with van der Waals surface area (Å²) in [6.07, 6.45) is 0. The zero-order valence-electron chi connectivity index (χ0n) is 14.8. The number of nitrogens with zero attached hydrogens (tertiary/aromatic N) is 1. The molecule has 5 nitrogen and oxygen atoms in total. The lowest BCUT2D eigenvalue weighted by molar-refractivity contribution is 0.390. The van der Waals surface area contributed by atoms with Gasteiger partial charge in [-0.25, -0.2) is 4.39 Å². The third-order valence-corrected chi connectivity index (χ3v) is 4.12. The maximum Gasteiger partial charge on any atom is 0.191 e. The number of guanidine groups is 1. The first kappa shape index (κ1) is 22.5. The molecule has 0 aliphatic rings. The van der Waals surface area contributed by atoms with Crippen LogP contribution in [0.5, 0.6) is 11.5 Å². The minimum absolute atomic E-state index is 0. The summed E-state index contributed by atoms with van der Waals surface area (Å²) in [6, 6.07) is 10.6. The highest BCUT2D eigenvalue weighted by Gasteiger charge is 2.07. The van der Waals surface area contributed by atoms with Gasteiger partial charge in [0.1, 0.15) is 17.3 Å². The van der Waals surface area contributed by atoms with Crippen LogP contribution < -0.4 is 20.1 Å². The quantitative estimate of drug-likeness (QED) is 0.331. The van der Waals surface area contributed by atoms with Crippen LogP contribution in [0.2, 0.25) is 0 Å². The summed E-state index contributed by atoms with van der Waals surface area (Å²) >= 11 is 3.25. The minimum atomic E-state index is -0.269. The molecule has 0 radical (unpaired) electrons. The lowest BCUT2D eigenvalue weighted by Crippen LogP contribution is -2.36. The standard InChI is InChI=1S/C18H21BrFN3O2.HI/c1-21-18(22-10-12-4-6-14(19)8-16(12)20)23-11-13-5-7-15(24-2)9-17(13)25-3;/h4-9H,10-11H2,1-3H3,(H2,21,22,23);1H. The Morgan fingerprint density at radius 1 is 1.04 bits per heavy atom. The van der Waals surface area contributed by atoms with Gasteiger partial charge in [-0.15, -0.1) is 24.0 Å². The van der Waals surface area contributed by atoms with E-state index < -0.39 is 0 Å². The molecule has 8 heteroatoms. The summed E-state index contributed by atoms with van der Waals surface area (Å²) in [5, 5.41) is 6.28. The van der Waals surface area contributed by atoms with Gasteiger partial charge in [0.05, 0.1) is 14.2 Å². The van der Waals surface area contributed by atoms with Gasteiger partial charge >= 0.3 is 0 Å². The molecule has 0 saturated carbocycles. The largest absolute Gasteiger partial charge is 0.497 e. The number of aliphatic imine (C=N–C) groups is 1. The van der Waals surface area contributed by atoms with Gasteiger partial charge in [0, 0.05) is 41.8 Å². The molecular weight excluding hydrogens is 516 g/mol. The van der Waals surface area contributed by atoms with E-state index in [1.807, 2.05) is 18.2 Å². The van der Waals surface area contributed by atoms with Gasteiger partial charge in [0.2, 0.25) is 0 Å². The molecular formula is C18H22BrFIN3O2. The predicted molar refractivity (Wildman–Crippen MR) is 116 cm³/mol. The maximum atomic E-state index is 13.9. The molecule has 0 fully saturated rings. The molecule has 2 N–H and O–H groups in total. The average molecular weight is 538 g/mol. The van der Waals surface area contributed by atoms with Crippen LogP contribution in [-0.2, 0) is 13.1 Å². The molecule has 0 amide bonds. The van der Waals surface area contributed by atoms with Gasteiger partial charge in [-0.05, 0) is 24.3 Å². The summed E-state index contributed by atoms with van der Waals surface area (Å²) in [5.41, 5.74) is 1.52. The molecule has 2 aromatic carbocycles. The minimum Gasteiger partial charge on any atom is -0.497 e. The Kier molecular flexibility index (Phi) is 9.71. The number of hydrogen-bond acceptors (Lipinski definition) is 3. The van der Waals surface area contributed by atoms with Crippen LogP contribution in [0.1, 0.15) is 11.1 Å². The lowest BCUT2D eigenvalue weighted by atomic mass is 10.2. The summed E-state index contributed by atoms with van der Waals surface area (Å²) in [6.45, 7) is 0.841. The number of nitrogens with one attached hydrogen (secondary N) is 2. The first-order chi connectivity index (χ1) is 12.1. The van der Waals surface area contributed by atoms with E-state index in [9.17, 15) is 4.39 Å². The third kappa shape index (κ3) is 6.31. The van der Waals surface area contributed by atoms with Crippen LogP contribution in [0.3, 0.4) is 0 Å². The van der Waals surface area contributed by atoms with Gasteiger partial charge in [-0.1, -0.05) is 22.0 Å². The van der Waals surface area contributed by atoms with Crippen LogP contribution in [0.4, 0.5) is 4.39 Å². The Morgan fingerprint density at radius 3 is 2.27 bits per heavy atom. The van der Waals surface area contributed by atoms with Crippen molar-refractivity contribution in [1.29, 1.82) is 0 Å². The highest BCUT2D eigenvalue weighted by Crippen LogP contribution is 2.24. The molecule has 142 valence electrons. The highest BCUT2D eigenvalue weighted by molar-refractivity contribution is 14.0. The molecule has 2 aromatic rings. The van der Waals surface area contributed by atoms with Crippen molar-refractivity contribution in [3.05, 3.63) is 57.8 Å². The van der Waals surface area contributed by atoms with Crippen LogP contribution in [-0.4, -0.2) is 27.2 Å². The molecule has 0 aliphatic carbocycles. The topological polar surface area (TPSA) is 54.9 Å². The van der Waals surface area contributed by atoms with Gasteiger partial charge in [-0.2, -0.15) is 0 Å². The second-order valence-electron chi connectivity index (χ2n) is 5.19. The lowest BCUT2D eigenvalue weighted by Gasteiger charge is -2.15. The van der Waals surface area contributed by atoms with Crippen molar-refractivity contribution in [3.8, 4) is 11.5 Å². The second kappa shape index (κ2) is 11.2. The molecule has 0 atom stereocenters. The zero-order chi connectivity index (χ0) is 18.2. The first-order valence-electron chi connectivity index (χ1n) is 7.66. The molecule has 0 spiro atoms. The molecule has 0 heterocycles. The number of methoxy groups -OCH3 is 2. The normalized spacial score (nSPS) is 10.7. The van der Waals surface area contributed by atoms with E-state index >= 15 is 0 Å². The molecule has 2 rings (SSSR count). The van der Waals surface area contributed by atoms with Crippen molar-refractivity contribution in [2.24, 2.45) is 4.99 Å². The fraction of sp³-hybridized carbons (Fsp3) is 0.278. The van der Waals surface area contributed by atoms with Crippen LogP contribution in [0.25, 0.3) is 0 Å². The smallest absolute Gasteiger partial charge is 0.191 e. The Bertz CT molecular complexity index is 759.